The fourth-order valence-electron chi connectivity index (χ4n) is 3.44. The zero-order valence-electron chi connectivity index (χ0n) is 14.5. The molecule has 1 aliphatic heterocycles. The molecule has 0 radical (unpaired) electrons. The normalized spacial score (nSPS) is 19.3. The minimum absolute atomic E-state index is 0.381. The van der Waals surface area contributed by atoms with E-state index in [1.165, 1.54) is 33.6 Å². The molecule has 0 atom stereocenters. The van der Waals surface area contributed by atoms with E-state index in [0.29, 0.717) is 18.4 Å². The molecule has 8 heteroatoms. The molecule has 0 unspecified atom stereocenters. The number of alkyl halides is 2. The van der Waals surface area contributed by atoms with Gasteiger partial charge in [0.25, 0.3) is 12.0 Å². The molecule has 2 aliphatic rings. The molecular weight excluding hydrogens is 358 g/mol. The first kappa shape index (κ1) is 17.7. The van der Waals surface area contributed by atoms with Crippen LogP contribution in [0.5, 0.6) is 0 Å². The number of aromatic nitrogens is 3. The van der Waals surface area contributed by atoms with Crippen molar-refractivity contribution in [3.05, 3.63) is 44.5 Å². The Kier molecular flexibility index (Phi) is 5.13. The molecule has 140 valence electrons. The highest BCUT2D eigenvalue weighted by molar-refractivity contribution is 7.11. The Morgan fingerprint density at radius 1 is 1.19 bits per heavy atom. The molecule has 2 aromatic rings. The molecule has 2 aromatic heterocycles. The second kappa shape index (κ2) is 7.52. The monoisotopic (exact) mass is 380 g/mol. The molecule has 0 spiro atoms. The number of nitrogens with zero attached hydrogens (tertiary/aromatic N) is 4. The van der Waals surface area contributed by atoms with Gasteiger partial charge in [0.2, 0.25) is 0 Å². The van der Waals surface area contributed by atoms with Gasteiger partial charge in [0, 0.05) is 36.1 Å². The number of hydrogen-bond acceptors (Lipinski definition) is 5. The summed E-state index contributed by atoms with van der Waals surface area (Å²) in [7, 11) is 0. The molecule has 3 heterocycles. The van der Waals surface area contributed by atoms with Gasteiger partial charge in [-0.15, -0.1) is 11.3 Å². The van der Waals surface area contributed by atoms with Gasteiger partial charge in [-0.05, 0) is 44.7 Å². The second-order valence-electron chi connectivity index (χ2n) is 7.26. The quantitative estimate of drug-likeness (QED) is 0.771. The smallest absolute Gasteiger partial charge is 0.280 e. The SMILES string of the molecule is O=c1cc(C(F)F)ncn1CC1CCN(Cc2cnc(C3CC3)s2)CC1. The predicted molar refractivity (Wildman–Crippen MR) is 95.5 cm³/mol. The largest absolute Gasteiger partial charge is 0.299 e. The predicted octanol–water partition coefficient (Wildman–Crippen LogP) is 3.43. The number of thiazole rings is 1. The molecule has 26 heavy (non-hydrogen) atoms. The molecule has 0 amide bonds. The first-order valence-corrected chi connectivity index (χ1v) is 9.91. The summed E-state index contributed by atoms with van der Waals surface area (Å²) in [6.07, 6.45) is 5.13. The number of rotatable bonds is 6. The van der Waals surface area contributed by atoms with Crippen molar-refractivity contribution < 1.29 is 8.78 Å². The zero-order valence-corrected chi connectivity index (χ0v) is 15.3. The Labute approximate surface area is 154 Å². The molecular formula is C18H22F2N4OS. The van der Waals surface area contributed by atoms with Crippen LogP contribution in [-0.4, -0.2) is 32.5 Å². The summed E-state index contributed by atoms with van der Waals surface area (Å²) in [6.45, 7) is 3.47. The fourth-order valence-corrected chi connectivity index (χ4v) is 4.57. The van der Waals surface area contributed by atoms with Gasteiger partial charge < -0.3 is 0 Å². The van der Waals surface area contributed by atoms with E-state index in [-0.39, 0.29) is 0 Å². The van der Waals surface area contributed by atoms with Crippen molar-refractivity contribution in [3.8, 4) is 0 Å². The lowest BCUT2D eigenvalue weighted by atomic mass is 9.96. The van der Waals surface area contributed by atoms with Crippen molar-refractivity contribution >= 4 is 11.3 Å². The summed E-state index contributed by atoms with van der Waals surface area (Å²) in [6, 6.07) is 0.945. The molecule has 4 rings (SSSR count). The standard InChI is InChI=1S/C18H22F2N4OS/c19-17(20)15-7-16(25)24(11-22-15)9-12-3-5-23(6-4-12)10-14-8-21-18(26-14)13-1-2-13/h7-8,11-13,17H,1-6,9-10H2. The summed E-state index contributed by atoms with van der Waals surface area (Å²) in [4.78, 5) is 23.9. The molecule has 1 aliphatic carbocycles. The topological polar surface area (TPSA) is 51.0 Å². The van der Waals surface area contributed by atoms with E-state index >= 15 is 0 Å². The van der Waals surface area contributed by atoms with Gasteiger partial charge in [0.15, 0.2) is 0 Å². The van der Waals surface area contributed by atoms with E-state index in [1.807, 2.05) is 17.5 Å². The zero-order chi connectivity index (χ0) is 18.1. The molecule has 0 N–H and O–H groups in total. The number of piperidine rings is 1. The molecule has 0 aromatic carbocycles. The Morgan fingerprint density at radius 2 is 1.96 bits per heavy atom. The lowest BCUT2D eigenvalue weighted by Gasteiger charge is -2.31. The average Bonchev–Trinajstić information content (AvgIpc) is 3.38. The summed E-state index contributed by atoms with van der Waals surface area (Å²) in [5.74, 6) is 1.09. The van der Waals surface area contributed by atoms with Crippen LogP contribution >= 0.6 is 11.3 Å². The third kappa shape index (κ3) is 4.17. The second-order valence-corrected chi connectivity index (χ2v) is 8.41. The van der Waals surface area contributed by atoms with Gasteiger partial charge in [-0.2, -0.15) is 0 Å². The van der Waals surface area contributed by atoms with Crippen LogP contribution in [0.15, 0.2) is 23.4 Å². The van der Waals surface area contributed by atoms with E-state index in [1.54, 1.807) is 0 Å². The van der Waals surface area contributed by atoms with Crippen molar-refractivity contribution in [1.82, 2.24) is 19.4 Å². The third-order valence-corrected chi connectivity index (χ3v) is 6.31. The van der Waals surface area contributed by atoms with E-state index in [0.717, 1.165) is 38.5 Å². The van der Waals surface area contributed by atoms with E-state index in [9.17, 15) is 13.6 Å². The van der Waals surface area contributed by atoms with Gasteiger partial charge in [-0.1, -0.05) is 0 Å². The minimum Gasteiger partial charge on any atom is -0.299 e. The average molecular weight is 380 g/mol. The Bertz CT molecular complexity index is 810. The van der Waals surface area contributed by atoms with Crippen LogP contribution in [-0.2, 0) is 13.1 Å². The van der Waals surface area contributed by atoms with Crippen LogP contribution in [0.1, 0.15) is 53.6 Å². The van der Waals surface area contributed by atoms with Crippen molar-refractivity contribution in [2.75, 3.05) is 13.1 Å². The van der Waals surface area contributed by atoms with Crippen LogP contribution in [0.4, 0.5) is 8.78 Å². The van der Waals surface area contributed by atoms with Crippen LogP contribution in [0.2, 0.25) is 0 Å². The summed E-state index contributed by atoms with van der Waals surface area (Å²) in [5, 5.41) is 1.29. The maximum absolute atomic E-state index is 12.6. The molecule has 2 fully saturated rings. The summed E-state index contributed by atoms with van der Waals surface area (Å²) in [5.41, 5.74) is -0.841. The maximum Gasteiger partial charge on any atom is 0.280 e. The first-order chi connectivity index (χ1) is 12.6. The van der Waals surface area contributed by atoms with E-state index in [2.05, 4.69) is 14.9 Å². The van der Waals surface area contributed by atoms with Gasteiger partial charge >= 0.3 is 0 Å². The molecule has 5 nitrogen and oxygen atoms in total. The Hall–Kier alpha value is -1.67. The van der Waals surface area contributed by atoms with Gasteiger partial charge in [-0.3, -0.25) is 14.3 Å². The van der Waals surface area contributed by atoms with Gasteiger partial charge in [-0.25, -0.2) is 18.7 Å². The summed E-state index contributed by atoms with van der Waals surface area (Å²) < 4.78 is 26.6. The number of likely N-dealkylation sites (tertiary alicyclic amines) is 1. The lowest BCUT2D eigenvalue weighted by molar-refractivity contribution is 0.144. The lowest BCUT2D eigenvalue weighted by Crippen LogP contribution is -2.35. The highest BCUT2D eigenvalue weighted by Crippen LogP contribution is 2.42. The van der Waals surface area contributed by atoms with E-state index < -0.39 is 17.7 Å². The molecule has 1 saturated heterocycles. The molecule has 0 bridgehead atoms. The van der Waals surface area contributed by atoms with Crippen LogP contribution < -0.4 is 5.56 Å². The van der Waals surface area contributed by atoms with Crippen LogP contribution in [0.3, 0.4) is 0 Å². The Morgan fingerprint density at radius 3 is 2.62 bits per heavy atom. The van der Waals surface area contributed by atoms with Crippen LogP contribution in [0.25, 0.3) is 0 Å². The van der Waals surface area contributed by atoms with Gasteiger partial charge in [0.05, 0.1) is 11.3 Å². The number of halogens is 2. The van der Waals surface area contributed by atoms with Crippen molar-refractivity contribution in [3.63, 3.8) is 0 Å². The minimum atomic E-state index is -2.70. The highest BCUT2D eigenvalue weighted by atomic mass is 32.1. The summed E-state index contributed by atoms with van der Waals surface area (Å²) >= 11 is 1.84. The van der Waals surface area contributed by atoms with Gasteiger partial charge in [0.1, 0.15) is 5.69 Å². The fraction of sp³-hybridized carbons (Fsp3) is 0.611. The number of hydrogen-bond donors (Lipinski definition) is 0. The van der Waals surface area contributed by atoms with Crippen molar-refractivity contribution in [2.45, 2.75) is 51.1 Å². The maximum atomic E-state index is 12.6. The molecule has 1 saturated carbocycles. The van der Waals surface area contributed by atoms with Crippen LogP contribution in [0, 0.1) is 5.92 Å². The third-order valence-electron chi connectivity index (χ3n) is 5.16. The highest BCUT2D eigenvalue weighted by Gasteiger charge is 2.27. The van der Waals surface area contributed by atoms with Crippen molar-refractivity contribution in [2.24, 2.45) is 5.92 Å². The Balaban J connectivity index is 1.28. The first-order valence-electron chi connectivity index (χ1n) is 9.10. The van der Waals surface area contributed by atoms with E-state index in [4.69, 9.17) is 0 Å². The van der Waals surface area contributed by atoms with Crippen molar-refractivity contribution in [1.29, 1.82) is 0 Å².